The molecule has 5 heteroatoms. The van der Waals surface area contributed by atoms with Gasteiger partial charge in [0.25, 0.3) is 0 Å². The molecule has 136 valence electrons. The van der Waals surface area contributed by atoms with Crippen LogP contribution < -0.4 is 9.47 Å². The maximum Gasteiger partial charge on any atom is 0.191 e. The fourth-order valence-electron chi connectivity index (χ4n) is 3.77. The van der Waals surface area contributed by atoms with E-state index in [4.69, 9.17) is 9.47 Å². The lowest BCUT2D eigenvalue weighted by Gasteiger charge is -2.27. The molecule has 3 rings (SSSR count). The predicted molar refractivity (Wildman–Crippen MR) is 98.4 cm³/mol. The number of allylic oxidation sites excluding steroid dienone is 1. The third-order valence-corrected chi connectivity index (χ3v) is 5.18. The van der Waals surface area contributed by atoms with E-state index in [9.17, 15) is 4.79 Å². The van der Waals surface area contributed by atoms with Gasteiger partial charge in [-0.1, -0.05) is 0 Å². The lowest BCUT2D eigenvalue weighted by Crippen LogP contribution is -2.36. The van der Waals surface area contributed by atoms with Crippen LogP contribution in [0, 0.1) is 0 Å². The van der Waals surface area contributed by atoms with Crippen molar-refractivity contribution >= 4 is 5.78 Å². The smallest absolute Gasteiger partial charge is 0.191 e. The molecule has 1 aromatic rings. The minimum atomic E-state index is -0.0358. The molecule has 0 spiro atoms. The number of ether oxygens (including phenoxy) is 2. The maximum atomic E-state index is 12.6. The van der Waals surface area contributed by atoms with E-state index in [0.717, 1.165) is 13.1 Å². The molecular weight excluding hydrogens is 316 g/mol. The van der Waals surface area contributed by atoms with Gasteiger partial charge in [-0.25, -0.2) is 0 Å². The van der Waals surface area contributed by atoms with Crippen LogP contribution in [-0.4, -0.2) is 62.0 Å². The number of likely N-dealkylation sites (tertiary alicyclic amines) is 2. The first-order valence-electron chi connectivity index (χ1n) is 9.14. The number of ketones is 1. The number of methoxy groups -OCH3 is 2. The van der Waals surface area contributed by atoms with Crippen molar-refractivity contribution in [2.45, 2.75) is 31.7 Å². The van der Waals surface area contributed by atoms with E-state index in [1.807, 2.05) is 6.20 Å². The van der Waals surface area contributed by atoms with Crippen molar-refractivity contribution in [3.63, 3.8) is 0 Å². The van der Waals surface area contributed by atoms with E-state index in [1.165, 1.54) is 38.8 Å². The van der Waals surface area contributed by atoms with Gasteiger partial charge in [0.2, 0.25) is 0 Å². The van der Waals surface area contributed by atoms with Gasteiger partial charge in [0.1, 0.15) is 11.5 Å². The Balaban J connectivity index is 1.65. The first-order valence-corrected chi connectivity index (χ1v) is 9.14. The van der Waals surface area contributed by atoms with E-state index in [2.05, 4.69) is 9.80 Å². The maximum absolute atomic E-state index is 12.6. The highest BCUT2D eigenvalue weighted by Crippen LogP contribution is 2.26. The summed E-state index contributed by atoms with van der Waals surface area (Å²) in [5.41, 5.74) is 0.565. The summed E-state index contributed by atoms with van der Waals surface area (Å²) >= 11 is 0. The summed E-state index contributed by atoms with van der Waals surface area (Å²) in [6.45, 7) is 4.58. The first-order chi connectivity index (χ1) is 12.2. The molecule has 0 aromatic heterocycles. The fraction of sp³-hybridized carbons (Fsp3) is 0.550. The van der Waals surface area contributed by atoms with Crippen molar-refractivity contribution in [3.8, 4) is 11.5 Å². The number of rotatable bonds is 7. The lowest BCUT2D eigenvalue weighted by atomic mass is 10.1. The van der Waals surface area contributed by atoms with Gasteiger partial charge in [-0.15, -0.1) is 0 Å². The molecule has 0 aliphatic carbocycles. The zero-order valence-electron chi connectivity index (χ0n) is 15.2. The number of carbonyl (C=O) groups excluding carboxylic acids is 1. The molecule has 0 saturated carbocycles. The molecule has 0 unspecified atom stereocenters. The van der Waals surface area contributed by atoms with Crippen LogP contribution in [0.25, 0.3) is 0 Å². The van der Waals surface area contributed by atoms with Gasteiger partial charge in [-0.05, 0) is 50.9 Å². The summed E-state index contributed by atoms with van der Waals surface area (Å²) in [7, 11) is 3.17. The second-order valence-electron chi connectivity index (χ2n) is 6.79. The molecule has 1 aromatic carbocycles. The molecule has 0 bridgehead atoms. The number of hydrogen-bond acceptors (Lipinski definition) is 5. The van der Waals surface area contributed by atoms with Crippen molar-refractivity contribution in [1.29, 1.82) is 0 Å². The lowest BCUT2D eigenvalue weighted by molar-refractivity contribution is 0.104. The van der Waals surface area contributed by atoms with Crippen molar-refractivity contribution in [2.75, 3.05) is 40.4 Å². The van der Waals surface area contributed by atoms with Gasteiger partial charge in [0.15, 0.2) is 5.78 Å². The minimum absolute atomic E-state index is 0.0358. The largest absolute Gasteiger partial charge is 0.497 e. The quantitative estimate of drug-likeness (QED) is 0.562. The zero-order valence-corrected chi connectivity index (χ0v) is 15.2. The van der Waals surface area contributed by atoms with Crippen LogP contribution in [0.5, 0.6) is 11.5 Å². The van der Waals surface area contributed by atoms with Crippen LogP contribution in [0.2, 0.25) is 0 Å². The highest BCUT2D eigenvalue weighted by atomic mass is 16.5. The van der Waals surface area contributed by atoms with Crippen molar-refractivity contribution in [2.24, 2.45) is 0 Å². The predicted octanol–water partition coefficient (Wildman–Crippen LogP) is 2.96. The van der Waals surface area contributed by atoms with E-state index in [1.54, 1.807) is 38.5 Å². The monoisotopic (exact) mass is 344 g/mol. The Morgan fingerprint density at radius 1 is 1.16 bits per heavy atom. The Morgan fingerprint density at radius 2 is 1.96 bits per heavy atom. The molecule has 2 aliphatic rings. The molecule has 2 aliphatic heterocycles. The number of nitrogens with zero attached hydrogens (tertiary/aromatic N) is 2. The molecule has 25 heavy (non-hydrogen) atoms. The highest BCUT2D eigenvalue weighted by Gasteiger charge is 2.25. The first kappa shape index (κ1) is 17.8. The van der Waals surface area contributed by atoms with Crippen molar-refractivity contribution < 1.29 is 14.3 Å². The molecule has 0 N–H and O–H groups in total. The van der Waals surface area contributed by atoms with Crippen LogP contribution in [0.1, 0.15) is 36.0 Å². The summed E-state index contributed by atoms with van der Waals surface area (Å²) in [5.74, 6) is 1.19. The fourth-order valence-corrected chi connectivity index (χ4v) is 3.77. The number of carbonyl (C=O) groups is 1. The SMILES string of the molecule is COc1ccc(C(=O)C=CN2CCC[C@H]2CN2CCCC2)c(OC)c1. The number of benzene rings is 1. The molecular formula is C20H28N2O3. The van der Waals surface area contributed by atoms with Gasteiger partial charge in [-0.2, -0.15) is 0 Å². The molecule has 1 atom stereocenters. The zero-order chi connectivity index (χ0) is 17.6. The summed E-state index contributed by atoms with van der Waals surface area (Å²) < 4.78 is 10.5. The van der Waals surface area contributed by atoms with E-state index >= 15 is 0 Å². The topological polar surface area (TPSA) is 42.0 Å². The van der Waals surface area contributed by atoms with Crippen LogP contribution in [0.4, 0.5) is 0 Å². The van der Waals surface area contributed by atoms with Crippen molar-refractivity contribution in [1.82, 2.24) is 9.80 Å². The second kappa shape index (κ2) is 8.39. The van der Waals surface area contributed by atoms with Gasteiger partial charge in [-0.3, -0.25) is 4.79 Å². The minimum Gasteiger partial charge on any atom is -0.497 e. The Kier molecular flexibility index (Phi) is 5.97. The van der Waals surface area contributed by atoms with Gasteiger partial charge < -0.3 is 19.3 Å². The summed E-state index contributed by atoms with van der Waals surface area (Å²) in [6.07, 6.45) is 8.69. The van der Waals surface area contributed by atoms with Crippen molar-refractivity contribution in [3.05, 3.63) is 36.0 Å². The average Bonchev–Trinajstić information content (AvgIpc) is 3.31. The third-order valence-electron chi connectivity index (χ3n) is 5.18. The van der Waals surface area contributed by atoms with E-state index in [-0.39, 0.29) is 5.78 Å². The average molecular weight is 344 g/mol. The van der Waals surface area contributed by atoms with Crippen LogP contribution in [0.3, 0.4) is 0 Å². The molecule has 5 nitrogen and oxygen atoms in total. The summed E-state index contributed by atoms with van der Waals surface area (Å²) in [4.78, 5) is 17.5. The highest BCUT2D eigenvalue weighted by molar-refractivity contribution is 6.06. The van der Waals surface area contributed by atoms with E-state index < -0.39 is 0 Å². The summed E-state index contributed by atoms with van der Waals surface area (Å²) in [6, 6.07) is 5.82. The van der Waals surface area contributed by atoms with Gasteiger partial charge in [0, 0.05) is 37.5 Å². The standard InChI is InChI=1S/C20H28N2O3/c1-24-17-7-8-18(20(14-17)25-2)19(23)9-13-22-12-5-6-16(22)15-21-10-3-4-11-21/h7-9,13-14,16H,3-6,10-12,15H2,1-2H3/t16-/m0/s1. The van der Waals surface area contributed by atoms with E-state index in [0.29, 0.717) is 23.1 Å². The molecule has 2 heterocycles. The molecule has 0 amide bonds. The Bertz CT molecular complexity index is 623. The normalized spacial score (nSPS) is 21.2. The molecule has 0 radical (unpaired) electrons. The second-order valence-corrected chi connectivity index (χ2v) is 6.79. The Morgan fingerprint density at radius 3 is 2.68 bits per heavy atom. The summed E-state index contributed by atoms with van der Waals surface area (Å²) in [5, 5.41) is 0. The van der Waals surface area contributed by atoms with Gasteiger partial charge in [0.05, 0.1) is 19.8 Å². The Hall–Kier alpha value is -2.01. The molecule has 2 saturated heterocycles. The van der Waals surface area contributed by atoms with Crippen LogP contribution >= 0.6 is 0 Å². The van der Waals surface area contributed by atoms with Crippen LogP contribution in [0.15, 0.2) is 30.5 Å². The number of hydrogen-bond donors (Lipinski definition) is 0. The molecule has 2 fully saturated rings. The van der Waals surface area contributed by atoms with Crippen LogP contribution in [-0.2, 0) is 0 Å². The third kappa shape index (κ3) is 4.34. The Labute approximate surface area is 150 Å². The van der Waals surface area contributed by atoms with Gasteiger partial charge >= 0.3 is 0 Å².